The molecule has 0 aromatic carbocycles. The first kappa shape index (κ1) is 15.6. The molecule has 2 N–H and O–H groups in total. The van der Waals surface area contributed by atoms with Gasteiger partial charge in [-0.25, -0.2) is 4.98 Å². The van der Waals surface area contributed by atoms with Gasteiger partial charge in [-0.3, -0.25) is 4.79 Å². The number of alkyl halides is 3. The van der Waals surface area contributed by atoms with E-state index in [0.717, 1.165) is 0 Å². The number of nitrogens with zero attached hydrogens (tertiary/aromatic N) is 1. The van der Waals surface area contributed by atoms with Crippen LogP contribution in [0, 0.1) is 5.92 Å². The van der Waals surface area contributed by atoms with Gasteiger partial charge in [0.05, 0.1) is 11.5 Å². The number of halogens is 3. The number of amides is 1. The molecule has 1 amide bonds. The molecule has 1 saturated carbocycles. The van der Waals surface area contributed by atoms with E-state index in [1.54, 1.807) is 12.1 Å². The Morgan fingerprint density at radius 3 is 2.81 bits per heavy atom. The zero-order valence-electron chi connectivity index (χ0n) is 11.7. The monoisotopic (exact) mass is 301 g/mol. The quantitative estimate of drug-likeness (QED) is 0.902. The summed E-state index contributed by atoms with van der Waals surface area (Å²) in [5.41, 5.74) is 0.342. The molecule has 7 heteroatoms. The van der Waals surface area contributed by atoms with Gasteiger partial charge in [0.2, 0.25) is 0 Å². The Morgan fingerprint density at radius 2 is 2.14 bits per heavy atom. The third kappa shape index (κ3) is 3.86. The molecule has 0 saturated heterocycles. The summed E-state index contributed by atoms with van der Waals surface area (Å²) < 4.78 is 38.4. The fourth-order valence-electron chi connectivity index (χ4n) is 2.65. The molecular formula is C14H18F3N3O. The average molecular weight is 301 g/mol. The van der Waals surface area contributed by atoms with Gasteiger partial charge >= 0.3 is 6.18 Å². The molecule has 21 heavy (non-hydrogen) atoms. The summed E-state index contributed by atoms with van der Waals surface area (Å²) in [4.78, 5) is 15.8. The van der Waals surface area contributed by atoms with Crippen molar-refractivity contribution in [3.8, 4) is 0 Å². The van der Waals surface area contributed by atoms with E-state index >= 15 is 0 Å². The Balaban J connectivity index is 2.10. The zero-order chi connectivity index (χ0) is 15.5. The SMILES string of the molecule is CNC(=O)c1cccnc1N[C@H]1CCC[C@@H](C(F)(F)F)C1. The highest BCUT2D eigenvalue weighted by atomic mass is 19.4. The fraction of sp³-hybridized carbons (Fsp3) is 0.571. The number of nitrogens with one attached hydrogen (secondary N) is 2. The first-order chi connectivity index (χ1) is 9.91. The van der Waals surface area contributed by atoms with E-state index in [4.69, 9.17) is 0 Å². The smallest absolute Gasteiger partial charge is 0.367 e. The molecule has 0 aliphatic heterocycles. The predicted molar refractivity (Wildman–Crippen MR) is 73.1 cm³/mol. The van der Waals surface area contributed by atoms with Gasteiger partial charge in [-0.15, -0.1) is 0 Å². The number of rotatable bonds is 3. The Kier molecular flexibility index (Phi) is 4.69. The second-order valence-corrected chi connectivity index (χ2v) is 5.23. The van der Waals surface area contributed by atoms with Gasteiger partial charge in [-0.05, 0) is 31.4 Å². The van der Waals surface area contributed by atoms with E-state index in [-0.39, 0.29) is 24.8 Å². The lowest BCUT2D eigenvalue weighted by Crippen LogP contribution is -2.35. The average Bonchev–Trinajstić information content (AvgIpc) is 2.46. The predicted octanol–water partition coefficient (Wildman–Crippen LogP) is 2.97. The first-order valence-electron chi connectivity index (χ1n) is 6.92. The highest BCUT2D eigenvalue weighted by molar-refractivity contribution is 5.98. The van der Waals surface area contributed by atoms with E-state index in [0.29, 0.717) is 24.2 Å². The lowest BCUT2D eigenvalue weighted by molar-refractivity contribution is -0.182. The van der Waals surface area contributed by atoms with Crippen LogP contribution in [0.1, 0.15) is 36.0 Å². The van der Waals surface area contributed by atoms with Crippen molar-refractivity contribution in [1.29, 1.82) is 0 Å². The minimum Gasteiger partial charge on any atom is -0.367 e. The van der Waals surface area contributed by atoms with Crippen LogP contribution >= 0.6 is 0 Å². The molecule has 1 aromatic heterocycles. The fourth-order valence-corrected chi connectivity index (χ4v) is 2.65. The standard InChI is InChI=1S/C14H18F3N3O/c1-18-13(21)11-6-3-7-19-12(11)20-10-5-2-4-9(8-10)14(15,16)17/h3,6-7,9-10H,2,4-5,8H2,1H3,(H,18,21)(H,19,20)/t9-,10+/m1/s1. The number of pyridine rings is 1. The second-order valence-electron chi connectivity index (χ2n) is 5.23. The van der Waals surface area contributed by atoms with Crippen LogP contribution in [0.3, 0.4) is 0 Å². The molecule has 0 radical (unpaired) electrons. The van der Waals surface area contributed by atoms with Crippen molar-refractivity contribution in [1.82, 2.24) is 10.3 Å². The summed E-state index contributed by atoms with van der Waals surface area (Å²) in [5, 5.41) is 5.49. The van der Waals surface area contributed by atoms with Crippen LogP contribution in [-0.4, -0.2) is 30.2 Å². The number of anilines is 1. The Hall–Kier alpha value is -1.79. The van der Waals surface area contributed by atoms with Crippen molar-refractivity contribution >= 4 is 11.7 Å². The summed E-state index contributed by atoms with van der Waals surface area (Å²) >= 11 is 0. The molecule has 116 valence electrons. The van der Waals surface area contributed by atoms with E-state index in [1.165, 1.54) is 13.2 Å². The summed E-state index contributed by atoms with van der Waals surface area (Å²) in [6.07, 6.45) is -1.29. The van der Waals surface area contributed by atoms with Crippen LogP contribution in [0.15, 0.2) is 18.3 Å². The van der Waals surface area contributed by atoms with Gasteiger partial charge < -0.3 is 10.6 Å². The Morgan fingerprint density at radius 1 is 1.38 bits per heavy atom. The lowest BCUT2D eigenvalue weighted by Gasteiger charge is -2.31. The molecule has 0 unspecified atom stereocenters. The van der Waals surface area contributed by atoms with E-state index < -0.39 is 12.1 Å². The molecule has 2 rings (SSSR count). The normalized spacial score (nSPS) is 22.7. The van der Waals surface area contributed by atoms with Crippen LogP contribution < -0.4 is 10.6 Å². The van der Waals surface area contributed by atoms with Gasteiger partial charge in [0.15, 0.2) is 0 Å². The largest absolute Gasteiger partial charge is 0.391 e. The summed E-state index contributed by atoms with van der Waals surface area (Å²) in [7, 11) is 1.50. The first-order valence-corrected chi connectivity index (χ1v) is 6.92. The van der Waals surface area contributed by atoms with Crippen LogP contribution in [0.2, 0.25) is 0 Å². The van der Waals surface area contributed by atoms with Crippen molar-refractivity contribution in [2.24, 2.45) is 5.92 Å². The second kappa shape index (κ2) is 6.32. The molecule has 1 heterocycles. The summed E-state index contributed by atoms with van der Waals surface area (Å²) in [6.45, 7) is 0. The van der Waals surface area contributed by atoms with Crippen molar-refractivity contribution in [2.75, 3.05) is 12.4 Å². The number of aromatic nitrogens is 1. The highest BCUT2D eigenvalue weighted by Crippen LogP contribution is 2.38. The number of hydrogen-bond acceptors (Lipinski definition) is 3. The molecule has 1 aromatic rings. The van der Waals surface area contributed by atoms with Crippen molar-refractivity contribution in [3.63, 3.8) is 0 Å². The molecular weight excluding hydrogens is 283 g/mol. The molecule has 0 spiro atoms. The van der Waals surface area contributed by atoms with Gasteiger partial charge in [-0.2, -0.15) is 13.2 Å². The molecule has 1 aliphatic carbocycles. The minimum atomic E-state index is -4.16. The van der Waals surface area contributed by atoms with Crippen LogP contribution in [0.25, 0.3) is 0 Å². The van der Waals surface area contributed by atoms with Gasteiger partial charge in [0.25, 0.3) is 5.91 Å². The van der Waals surface area contributed by atoms with Gasteiger partial charge in [0, 0.05) is 19.3 Å². The molecule has 1 fully saturated rings. The maximum Gasteiger partial charge on any atom is 0.391 e. The van der Waals surface area contributed by atoms with Crippen LogP contribution in [0.4, 0.5) is 19.0 Å². The molecule has 4 nitrogen and oxygen atoms in total. The Labute approximate surface area is 121 Å². The van der Waals surface area contributed by atoms with E-state index in [2.05, 4.69) is 15.6 Å². The van der Waals surface area contributed by atoms with E-state index in [1.807, 2.05) is 0 Å². The number of carbonyl (C=O) groups is 1. The molecule has 0 bridgehead atoms. The highest BCUT2D eigenvalue weighted by Gasteiger charge is 2.42. The van der Waals surface area contributed by atoms with Crippen LogP contribution in [0.5, 0.6) is 0 Å². The van der Waals surface area contributed by atoms with Gasteiger partial charge in [0.1, 0.15) is 5.82 Å². The summed E-state index contributed by atoms with van der Waals surface area (Å²) in [6, 6.07) is 2.90. The maximum atomic E-state index is 12.8. The number of carbonyl (C=O) groups excluding carboxylic acids is 1. The van der Waals surface area contributed by atoms with Crippen molar-refractivity contribution in [2.45, 2.75) is 37.9 Å². The third-order valence-electron chi connectivity index (χ3n) is 3.76. The zero-order valence-corrected chi connectivity index (χ0v) is 11.7. The molecule has 1 aliphatic rings. The van der Waals surface area contributed by atoms with Crippen molar-refractivity contribution < 1.29 is 18.0 Å². The van der Waals surface area contributed by atoms with Crippen molar-refractivity contribution in [3.05, 3.63) is 23.9 Å². The molecule has 2 atom stereocenters. The maximum absolute atomic E-state index is 12.8. The topological polar surface area (TPSA) is 54.0 Å². The van der Waals surface area contributed by atoms with Crippen LogP contribution in [-0.2, 0) is 0 Å². The summed E-state index contributed by atoms with van der Waals surface area (Å²) in [5.74, 6) is -1.26. The third-order valence-corrected chi connectivity index (χ3v) is 3.76. The minimum absolute atomic E-state index is 0.0211. The lowest BCUT2D eigenvalue weighted by atomic mass is 9.85. The number of hydrogen-bond donors (Lipinski definition) is 2. The van der Waals surface area contributed by atoms with E-state index in [9.17, 15) is 18.0 Å². The Bertz CT molecular complexity index is 504. The van der Waals surface area contributed by atoms with Gasteiger partial charge in [-0.1, -0.05) is 6.42 Å².